The third kappa shape index (κ3) is 13.5. The number of nitrogens with zero attached hydrogens (tertiary/aromatic N) is 1. The van der Waals surface area contributed by atoms with Crippen LogP contribution in [0.3, 0.4) is 0 Å². The van der Waals surface area contributed by atoms with Gasteiger partial charge in [0.25, 0.3) is 5.82 Å². The van der Waals surface area contributed by atoms with E-state index in [0.29, 0.717) is 0 Å². The van der Waals surface area contributed by atoms with E-state index in [1.54, 1.807) is 0 Å². The van der Waals surface area contributed by atoms with Gasteiger partial charge in [-0.25, -0.2) is 9.55 Å². The van der Waals surface area contributed by atoms with Crippen LogP contribution in [-0.4, -0.2) is 4.98 Å². The summed E-state index contributed by atoms with van der Waals surface area (Å²) in [5.41, 5.74) is 0. The molecule has 0 spiro atoms. The highest BCUT2D eigenvalue weighted by Crippen LogP contribution is 2.26. The standard InChI is InChI=1S/C28H54N2/c1-4-7-9-11-13-14-15-16-17-19-21-23-27(22-20-18-12-10-8-5-2)28-29-24-26-30(28)25-6-3/h24,26-27H,4-23,25H2,1-3H3/p+1/t27-/m0/s1. The van der Waals surface area contributed by atoms with Gasteiger partial charge in [-0.3, -0.25) is 0 Å². The maximum Gasteiger partial charge on any atom is 0.257 e. The lowest BCUT2D eigenvalue weighted by Gasteiger charge is -2.14. The van der Waals surface area contributed by atoms with Crippen LogP contribution in [0.15, 0.2) is 12.4 Å². The predicted octanol–water partition coefficient (Wildman–Crippen LogP) is 9.25. The number of hydrogen-bond donors (Lipinski definition) is 1. The van der Waals surface area contributed by atoms with Crippen molar-refractivity contribution in [2.45, 2.75) is 162 Å². The van der Waals surface area contributed by atoms with Gasteiger partial charge in [0.2, 0.25) is 0 Å². The molecule has 0 saturated heterocycles. The number of nitrogens with one attached hydrogen (secondary N) is 1. The van der Waals surface area contributed by atoms with E-state index >= 15 is 0 Å². The van der Waals surface area contributed by atoms with Gasteiger partial charge in [0.15, 0.2) is 0 Å². The molecule has 0 saturated carbocycles. The Kier molecular flexibility index (Phi) is 18.3. The molecule has 0 bridgehead atoms. The lowest BCUT2D eigenvalue weighted by atomic mass is 9.93. The Morgan fingerprint density at radius 2 is 1.03 bits per heavy atom. The summed E-state index contributed by atoms with van der Waals surface area (Å²) in [5.74, 6) is 2.23. The summed E-state index contributed by atoms with van der Waals surface area (Å²) in [7, 11) is 0. The molecule has 0 aliphatic carbocycles. The normalized spacial score (nSPS) is 12.5. The molecule has 1 atom stereocenters. The summed E-state index contributed by atoms with van der Waals surface area (Å²) >= 11 is 0. The Balaban J connectivity index is 2.24. The summed E-state index contributed by atoms with van der Waals surface area (Å²) in [4.78, 5) is 3.60. The number of aromatic amines is 1. The third-order valence-corrected chi connectivity index (χ3v) is 6.71. The van der Waals surface area contributed by atoms with E-state index in [9.17, 15) is 0 Å². The van der Waals surface area contributed by atoms with Crippen molar-refractivity contribution in [1.29, 1.82) is 0 Å². The summed E-state index contributed by atoms with van der Waals surface area (Å²) in [6.07, 6.45) is 32.6. The Labute approximate surface area is 189 Å². The number of H-pyrrole nitrogens is 1. The summed E-state index contributed by atoms with van der Waals surface area (Å²) in [6.45, 7) is 8.05. The smallest absolute Gasteiger partial charge is 0.247 e. The van der Waals surface area contributed by atoms with Crippen LogP contribution in [0, 0.1) is 0 Å². The second-order valence-electron chi connectivity index (χ2n) is 9.62. The molecule has 0 unspecified atom stereocenters. The minimum atomic E-state index is 0.733. The van der Waals surface area contributed by atoms with Crippen molar-refractivity contribution in [3.63, 3.8) is 0 Å². The van der Waals surface area contributed by atoms with Gasteiger partial charge < -0.3 is 0 Å². The molecule has 2 nitrogen and oxygen atoms in total. The first-order valence-corrected chi connectivity index (χ1v) is 13.9. The lowest BCUT2D eigenvalue weighted by molar-refractivity contribution is -0.704. The summed E-state index contributed by atoms with van der Waals surface area (Å²) in [6, 6.07) is 0. The van der Waals surface area contributed by atoms with Crippen molar-refractivity contribution in [3.05, 3.63) is 18.2 Å². The SMILES string of the molecule is CCCCCCCCCCCCC[C@H](CCCCCCCC)c1[nH]cc[n+]1CCC. The van der Waals surface area contributed by atoms with Gasteiger partial charge in [-0.15, -0.1) is 0 Å². The van der Waals surface area contributed by atoms with Gasteiger partial charge in [0, 0.05) is 0 Å². The van der Waals surface area contributed by atoms with Crippen molar-refractivity contribution in [3.8, 4) is 0 Å². The van der Waals surface area contributed by atoms with E-state index in [1.807, 2.05) is 0 Å². The monoisotopic (exact) mass is 419 g/mol. The average Bonchev–Trinajstić information content (AvgIpc) is 3.21. The van der Waals surface area contributed by atoms with Crippen LogP contribution in [0.5, 0.6) is 0 Å². The zero-order valence-corrected chi connectivity index (χ0v) is 21.0. The Hall–Kier alpha value is -0.790. The first-order chi connectivity index (χ1) is 14.8. The van der Waals surface area contributed by atoms with Gasteiger partial charge in [-0.05, 0) is 19.3 Å². The van der Waals surface area contributed by atoms with E-state index in [4.69, 9.17) is 0 Å². The molecule has 30 heavy (non-hydrogen) atoms. The van der Waals surface area contributed by atoms with Crippen LogP contribution in [0.25, 0.3) is 0 Å². The van der Waals surface area contributed by atoms with E-state index in [-0.39, 0.29) is 0 Å². The summed E-state index contributed by atoms with van der Waals surface area (Å²) in [5, 5.41) is 0. The zero-order valence-electron chi connectivity index (χ0n) is 21.0. The molecule has 0 fully saturated rings. The molecule has 0 aliphatic rings. The highest BCUT2D eigenvalue weighted by Gasteiger charge is 2.22. The third-order valence-electron chi connectivity index (χ3n) is 6.71. The minimum absolute atomic E-state index is 0.733. The predicted molar refractivity (Wildman–Crippen MR) is 133 cm³/mol. The van der Waals surface area contributed by atoms with E-state index < -0.39 is 0 Å². The number of unbranched alkanes of at least 4 members (excludes halogenated alkanes) is 15. The molecule has 1 N–H and O–H groups in total. The van der Waals surface area contributed by atoms with Crippen molar-refractivity contribution in [1.82, 2.24) is 4.98 Å². The number of hydrogen-bond acceptors (Lipinski definition) is 0. The maximum absolute atomic E-state index is 3.60. The molecular formula is C28H55N2+. The van der Waals surface area contributed by atoms with Crippen molar-refractivity contribution >= 4 is 0 Å². The molecular weight excluding hydrogens is 364 g/mol. The Morgan fingerprint density at radius 1 is 0.600 bits per heavy atom. The Morgan fingerprint density at radius 3 is 1.47 bits per heavy atom. The van der Waals surface area contributed by atoms with Crippen LogP contribution >= 0.6 is 0 Å². The minimum Gasteiger partial charge on any atom is -0.247 e. The van der Waals surface area contributed by atoms with Crippen LogP contribution in [-0.2, 0) is 6.54 Å². The average molecular weight is 420 g/mol. The van der Waals surface area contributed by atoms with Gasteiger partial charge in [-0.1, -0.05) is 130 Å². The van der Waals surface area contributed by atoms with Gasteiger partial charge in [0.05, 0.1) is 12.5 Å². The number of imidazole rings is 1. The van der Waals surface area contributed by atoms with Gasteiger partial charge in [-0.2, -0.15) is 0 Å². The van der Waals surface area contributed by atoms with Crippen LogP contribution in [0.1, 0.15) is 161 Å². The van der Waals surface area contributed by atoms with Crippen molar-refractivity contribution < 1.29 is 4.57 Å². The number of rotatable bonds is 22. The molecule has 1 aromatic heterocycles. The maximum atomic E-state index is 3.60. The van der Waals surface area contributed by atoms with Gasteiger partial charge in [0.1, 0.15) is 12.4 Å². The van der Waals surface area contributed by atoms with Gasteiger partial charge >= 0.3 is 0 Å². The van der Waals surface area contributed by atoms with Crippen LogP contribution < -0.4 is 4.57 Å². The van der Waals surface area contributed by atoms with Crippen molar-refractivity contribution in [2.24, 2.45) is 0 Å². The Bertz CT molecular complexity index is 465. The van der Waals surface area contributed by atoms with E-state index in [2.05, 4.69) is 42.7 Å². The van der Waals surface area contributed by atoms with Crippen LogP contribution in [0.2, 0.25) is 0 Å². The molecule has 0 aromatic carbocycles. The second-order valence-corrected chi connectivity index (χ2v) is 9.62. The fourth-order valence-corrected chi connectivity index (χ4v) is 4.81. The first-order valence-electron chi connectivity index (χ1n) is 13.9. The molecule has 176 valence electrons. The fraction of sp³-hybridized carbons (Fsp3) is 0.893. The first kappa shape index (κ1) is 27.2. The van der Waals surface area contributed by atoms with E-state index in [0.717, 1.165) is 12.5 Å². The number of aromatic nitrogens is 2. The highest BCUT2D eigenvalue weighted by molar-refractivity contribution is 4.90. The second kappa shape index (κ2) is 20.1. The zero-order chi connectivity index (χ0) is 21.7. The molecule has 0 radical (unpaired) electrons. The number of aryl methyl sites for hydroxylation is 1. The summed E-state index contributed by atoms with van der Waals surface area (Å²) < 4.78 is 2.49. The van der Waals surface area contributed by atoms with E-state index in [1.165, 1.54) is 134 Å². The molecule has 2 heteroatoms. The molecule has 0 aliphatic heterocycles. The molecule has 1 aromatic rings. The van der Waals surface area contributed by atoms with Crippen LogP contribution in [0.4, 0.5) is 0 Å². The highest BCUT2D eigenvalue weighted by atomic mass is 15.1. The fourth-order valence-electron chi connectivity index (χ4n) is 4.81. The molecule has 1 rings (SSSR count). The largest absolute Gasteiger partial charge is 0.257 e. The quantitative estimate of drug-likeness (QED) is 0.143. The topological polar surface area (TPSA) is 19.7 Å². The lowest BCUT2D eigenvalue weighted by Crippen LogP contribution is -2.37. The molecule has 1 heterocycles. The van der Waals surface area contributed by atoms with Crippen molar-refractivity contribution in [2.75, 3.05) is 0 Å². The molecule has 0 amide bonds.